The third-order valence-corrected chi connectivity index (χ3v) is 3.83. The van der Waals surface area contributed by atoms with Gasteiger partial charge in [0.15, 0.2) is 6.33 Å². The van der Waals surface area contributed by atoms with Gasteiger partial charge in [0.1, 0.15) is 12.7 Å². The van der Waals surface area contributed by atoms with Gasteiger partial charge >= 0.3 is 5.82 Å². The van der Waals surface area contributed by atoms with Crippen LogP contribution in [0.2, 0.25) is 0 Å². The maximum atomic E-state index is 10.7. The topological polar surface area (TPSA) is 73.4 Å². The number of aromatic nitrogens is 2. The van der Waals surface area contributed by atoms with Crippen molar-refractivity contribution in [2.45, 2.75) is 10.6 Å². The second kappa shape index (κ2) is 5.74. The number of alkyl halides is 1. The zero-order valence-corrected chi connectivity index (χ0v) is 11.3. The highest BCUT2D eigenvalue weighted by Crippen LogP contribution is 2.15. The first-order valence-corrected chi connectivity index (χ1v) is 6.53. The maximum Gasteiger partial charge on any atom is 0.342 e. The largest absolute Gasteiger partial charge is 0.378 e. The summed E-state index contributed by atoms with van der Waals surface area (Å²) >= 11 is 2.32. The first-order valence-electron chi connectivity index (χ1n) is 5.29. The van der Waals surface area contributed by atoms with E-state index in [-0.39, 0.29) is 5.82 Å². The molecule has 0 radical (unpaired) electrons. The highest BCUT2D eigenvalue weighted by atomic mass is 127. The van der Waals surface area contributed by atoms with Gasteiger partial charge in [-0.15, -0.1) is 0 Å². The fourth-order valence-corrected chi connectivity index (χ4v) is 2.55. The van der Waals surface area contributed by atoms with Gasteiger partial charge in [-0.2, -0.15) is 0 Å². The number of nitro groups is 1. The van der Waals surface area contributed by atoms with Crippen LogP contribution < -0.4 is 0 Å². The molecule has 2 rings (SSSR count). The van der Waals surface area contributed by atoms with Crippen LogP contribution >= 0.6 is 22.6 Å². The van der Waals surface area contributed by atoms with Gasteiger partial charge in [0.05, 0.1) is 17.3 Å². The molecule has 0 bridgehead atoms. The number of hydrogen-bond donors (Lipinski definition) is 0. The van der Waals surface area contributed by atoms with Crippen molar-refractivity contribution in [3.63, 3.8) is 0 Å². The molecule has 1 aromatic heterocycles. The first-order chi connectivity index (χ1) is 8.18. The van der Waals surface area contributed by atoms with Gasteiger partial charge in [0, 0.05) is 13.1 Å². The summed E-state index contributed by atoms with van der Waals surface area (Å²) in [5.41, 5.74) is 0. The number of hydrogen-bond acceptors (Lipinski definition) is 5. The van der Waals surface area contributed by atoms with E-state index in [1.54, 1.807) is 4.57 Å². The number of nitrogens with zero attached hydrogens (tertiary/aromatic N) is 4. The summed E-state index contributed by atoms with van der Waals surface area (Å²) in [5.74, 6) is 0.0447. The normalized spacial score (nSPS) is 21.6. The number of ether oxygens (including phenoxy) is 1. The zero-order chi connectivity index (χ0) is 12.3. The summed E-state index contributed by atoms with van der Waals surface area (Å²) in [6, 6.07) is 0. The van der Waals surface area contributed by atoms with E-state index in [9.17, 15) is 10.1 Å². The molecular weight excluding hydrogens is 339 g/mol. The molecule has 17 heavy (non-hydrogen) atoms. The van der Waals surface area contributed by atoms with Crippen molar-refractivity contribution in [3.8, 4) is 0 Å². The molecule has 1 aromatic rings. The quantitative estimate of drug-likeness (QED) is 0.265. The molecule has 1 fully saturated rings. The van der Waals surface area contributed by atoms with E-state index in [1.807, 2.05) is 0 Å². The Kier molecular flexibility index (Phi) is 4.29. The molecule has 0 N–H and O–H groups in total. The van der Waals surface area contributed by atoms with Crippen LogP contribution in [0.1, 0.15) is 0 Å². The van der Waals surface area contributed by atoms with Gasteiger partial charge in [0.25, 0.3) is 0 Å². The van der Waals surface area contributed by atoms with Crippen LogP contribution in [0.4, 0.5) is 5.82 Å². The van der Waals surface area contributed by atoms with Gasteiger partial charge in [-0.25, -0.2) is 9.55 Å². The van der Waals surface area contributed by atoms with E-state index in [1.165, 1.54) is 12.5 Å². The summed E-state index contributed by atoms with van der Waals surface area (Å²) in [4.78, 5) is 16.4. The monoisotopic (exact) mass is 352 g/mol. The third-order valence-electron chi connectivity index (χ3n) is 2.68. The number of rotatable bonds is 4. The predicted octanol–water partition coefficient (Wildman–Crippen LogP) is 0.885. The minimum absolute atomic E-state index is 0.0447. The van der Waals surface area contributed by atoms with Crippen LogP contribution in [-0.2, 0) is 11.3 Å². The van der Waals surface area contributed by atoms with Gasteiger partial charge in [-0.3, -0.25) is 4.90 Å². The van der Waals surface area contributed by atoms with Crippen molar-refractivity contribution in [1.82, 2.24) is 14.5 Å². The summed E-state index contributed by atoms with van der Waals surface area (Å²) in [6.45, 7) is 3.66. The molecular formula is C9H13IN4O3. The molecule has 8 heteroatoms. The molecule has 0 amide bonds. The van der Waals surface area contributed by atoms with E-state index >= 15 is 0 Å². The Morgan fingerprint density at radius 1 is 1.65 bits per heavy atom. The SMILES string of the molecule is O=[N+]([O-])c1cncn1CCN1CCOCC1I. The number of imidazole rings is 1. The van der Waals surface area contributed by atoms with Crippen LogP contribution in [-0.4, -0.2) is 49.7 Å². The van der Waals surface area contributed by atoms with Crippen molar-refractivity contribution in [1.29, 1.82) is 0 Å². The Morgan fingerprint density at radius 2 is 2.47 bits per heavy atom. The first kappa shape index (κ1) is 12.7. The number of morpholine rings is 1. The fraction of sp³-hybridized carbons (Fsp3) is 0.667. The second-order valence-corrected chi connectivity index (χ2v) is 5.19. The predicted molar refractivity (Wildman–Crippen MR) is 69.1 cm³/mol. The van der Waals surface area contributed by atoms with Gasteiger partial charge in [-0.05, 0) is 4.92 Å². The Balaban J connectivity index is 1.92. The van der Waals surface area contributed by atoms with Gasteiger partial charge in [-0.1, -0.05) is 22.6 Å². The minimum atomic E-state index is -0.409. The molecule has 7 nitrogen and oxygen atoms in total. The van der Waals surface area contributed by atoms with Crippen LogP contribution in [0, 0.1) is 10.1 Å². The summed E-state index contributed by atoms with van der Waals surface area (Å²) in [7, 11) is 0. The Bertz CT molecular complexity index is 397. The lowest BCUT2D eigenvalue weighted by Gasteiger charge is -2.31. The second-order valence-electron chi connectivity index (χ2n) is 3.75. The molecule has 1 unspecified atom stereocenters. The van der Waals surface area contributed by atoms with E-state index < -0.39 is 4.92 Å². The van der Waals surface area contributed by atoms with E-state index in [2.05, 4.69) is 32.5 Å². The number of halogens is 1. The van der Waals surface area contributed by atoms with Crippen molar-refractivity contribution < 1.29 is 9.66 Å². The van der Waals surface area contributed by atoms with Crippen LogP contribution in [0.25, 0.3) is 0 Å². The third kappa shape index (κ3) is 3.13. The molecule has 1 aliphatic rings. The summed E-state index contributed by atoms with van der Waals surface area (Å²) in [5, 5.41) is 10.7. The Hall–Kier alpha value is -0.740. The lowest BCUT2D eigenvalue weighted by molar-refractivity contribution is -0.392. The van der Waals surface area contributed by atoms with Crippen molar-refractivity contribution in [3.05, 3.63) is 22.6 Å². The van der Waals surface area contributed by atoms with Gasteiger partial charge in [0.2, 0.25) is 0 Å². The van der Waals surface area contributed by atoms with Gasteiger partial charge < -0.3 is 14.9 Å². The van der Waals surface area contributed by atoms with Crippen LogP contribution in [0.15, 0.2) is 12.5 Å². The molecule has 94 valence electrons. The van der Waals surface area contributed by atoms with Crippen LogP contribution in [0.3, 0.4) is 0 Å². The van der Waals surface area contributed by atoms with Crippen molar-refractivity contribution >= 4 is 28.4 Å². The standard InChI is InChI=1S/C9H13IN4O3/c10-8-6-17-4-3-12(8)1-2-13-7-11-5-9(13)14(15)16/h5,7-8H,1-4,6H2. The Morgan fingerprint density at radius 3 is 3.18 bits per heavy atom. The minimum Gasteiger partial charge on any atom is -0.378 e. The average molecular weight is 352 g/mol. The zero-order valence-electron chi connectivity index (χ0n) is 9.16. The summed E-state index contributed by atoms with van der Waals surface area (Å²) in [6.07, 6.45) is 2.78. The van der Waals surface area contributed by atoms with Crippen molar-refractivity contribution in [2.75, 3.05) is 26.3 Å². The molecule has 0 saturated carbocycles. The highest BCUT2D eigenvalue weighted by molar-refractivity contribution is 14.1. The lowest BCUT2D eigenvalue weighted by Crippen LogP contribution is -2.43. The van der Waals surface area contributed by atoms with E-state index in [0.29, 0.717) is 17.2 Å². The van der Waals surface area contributed by atoms with E-state index in [0.717, 1.165) is 19.7 Å². The lowest BCUT2D eigenvalue weighted by atomic mass is 10.4. The smallest absolute Gasteiger partial charge is 0.342 e. The average Bonchev–Trinajstić information content (AvgIpc) is 2.76. The fourth-order valence-electron chi connectivity index (χ4n) is 1.73. The summed E-state index contributed by atoms with van der Waals surface area (Å²) < 4.78 is 7.24. The van der Waals surface area contributed by atoms with E-state index in [4.69, 9.17) is 4.74 Å². The molecule has 0 aromatic carbocycles. The van der Waals surface area contributed by atoms with Crippen LogP contribution in [0.5, 0.6) is 0 Å². The highest BCUT2D eigenvalue weighted by Gasteiger charge is 2.21. The molecule has 0 spiro atoms. The Labute approximate surface area is 112 Å². The molecule has 1 saturated heterocycles. The van der Waals surface area contributed by atoms with Crippen molar-refractivity contribution in [2.24, 2.45) is 0 Å². The molecule has 1 aliphatic heterocycles. The molecule has 0 aliphatic carbocycles. The molecule has 2 heterocycles. The maximum absolute atomic E-state index is 10.7. The molecule has 1 atom stereocenters.